The molecule has 0 atom stereocenters. The third kappa shape index (κ3) is 13.1. The molecule has 0 aliphatic heterocycles. The highest BCUT2D eigenvalue weighted by Crippen LogP contribution is 2.35. The molecule has 15 rings (SSSR count). The number of rotatable bonds is 0. The number of hydrogen-bond donors (Lipinski definition) is 0. The van der Waals surface area contributed by atoms with Gasteiger partial charge in [0.05, 0.1) is 66.9 Å². The predicted octanol–water partition coefficient (Wildman–Crippen LogP) is 21.8. The molecule has 0 radical (unpaired) electrons. The van der Waals surface area contributed by atoms with Crippen LogP contribution in [0.3, 0.4) is 0 Å². The summed E-state index contributed by atoms with van der Waals surface area (Å²) in [6.07, 6.45) is 13.4. The lowest BCUT2D eigenvalue weighted by atomic mass is 10.1. The number of fused-ring (bicyclic) bond motifs is 15. The molecule has 0 amide bonds. The normalized spacial score (nSPS) is 10.5. The molecular weight excluding hydrogens is 1100 g/mol. The van der Waals surface area contributed by atoms with Crippen molar-refractivity contribution in [3.63, 3.8) is 0 Å². The Morgan fingerprint density at radius 1 is 0.244 bits per heavy atom. The Morgan fingerprint density at radius 2 is 0.656 bits per heavy atom. The molecule has 15 aromatic rings. The zero-order chi connectivity index (χ0) is 66.4. The van der Waals surface area contributed by atoms with Crippen LogP contribution < -0.4 is 0 Å². The largest absolute Gasteiger partial charge is 0.343 e. The fourth-order valence-corrected chi connectivity index (χ4v) is 12.1. The van der Waals surface area contributed by atoms with Crippen molar-refractivity contribution >= 4 is 109 Å². The van der Waals surface area contributed by atoms with Crippen molar-refractivity contribution < 1.29 is 0 Å². The third-order valence-corrected chi connectivity index (χ3v) is 17.3. The van der Waals surface area contributed by atoms with Crippen LogP contribution in [0.2, 0.25) is 0 Å². The van der Waals surface area contributed by atoms with E-state index in [4.69, 9.17) is 0 Å². The number of hydrogen-bond acceptors (Lipinski definition) is 5. The van der Waals surface area contributed by atoms with E-state index in [1.165, 1.54) is 148 Å². The van der Waals surface area contributed by atoms with E-state index < -0.39 is 0 Å². The SMILES string of the molecule is CC.CC.CC.CC.CC.Cc1ccc2c3ccncc3n(C)c2c1C.Cc1ccc2c3cnccc3n(C)c2c1C.Cc1ccc2c3ncccc3n(C)c2c1C.Cc1cnc2c3ccccc3n(C)c2c1C.Cc1ncc2c3ccccc3n(C)c2c1C. The monoisotopic (exact) mass is 1200 g/mol. The minimum atomic E-state index is 1.10. The number of aromatic nitrogens is 10. The summed E-state index contributed by atoms with van der Waals surface area (Å²) in [5.41, 5.74) is 27.9. The Bertz CT molecular complexity index is 4180. The Balaban J connectivity index is 0.000000173. The lowest BCUT2D eigenvalue weighted by molar-refractivity contribution is 0.999. The number of pyridine rings is 5. The van der Waals surface area contributed by atoms with Crippen LogP contribution in [0.25, 0.3) is 109 Å². The van der Waals surface area contributed by atoms with Gasteiger partial charge >= 0.3 is 0 Å². The molecule has 10 heteroatoms. The summed E-state index contributed by atoms with van der Waals surface area (Å²) in [4.78, 5) is 21.9. The predicted molar refractivity (Wildman–Crippen MR) is 395 cm³/mol. The minimum absolute atomic E-state index is 1.10. The summed E-state index contributed by atoms with van der Waals surface area (Å²) < 4.78 is 11.2. The van der Waals surface area contributed by atoms with Crippen molar-refractivity contribution in [3.05, 3.63) is 208 Å². The maximum Gasteiger partial charge on any atom is 0.0962 e. The Morgan fingerprint density at radius 3 is 1.24 bits per heavy atom. The molecule has 0 saturated heterocycles. The van der Waals surface area contributed by atoms with Crippen molar-refractivity contribution in [3.8, 4) is 0 Å². The number of para-hydroxylation sites is 2. The van der Waals surface area contributed by atoms with E-state index in [-0.39, 0.29) is 0 Å². The van der Waals surface area contributed by atoms with E-state index in [0.29, 0.717) is 0 Å². The highest BCUT2D eigenvalue weighted by molar-refractivity contribution is 6.11. The van der Waals surface area contributed by atoms with Crippen molar-refractivity contribution in [1.29, 1.82) is 0 Å². The van der Waals surface area contributed by atoms with E-state index in [1.807, 2.05) is 119 Å². The molecule has 10 heterocycles. The molecule has 90 heavy (non-hydrogen) atoms. The summed E-state index contributed by atoms with van der Waals surface area (Å²) >= 11 is 0. The molecule has 0 N–H and O–H groups in total. The summed E-state index contributed by atoms with van der Waals surface area (Å²) in [5.74, 6) is 0. The molecule has 0 fully saturated rings. The van der Waals surface area contributed by atoms with E-state index in [1.54, 1.807) is 0 Å². The molecule has 0 aliphatic rings. The molecule has 10 aromatic heterocycles. The summed E-state index contributed by atoms with van der Waals surface area (Å²) in [7, 11) is 10.6. The Kier molecular flexibility index (Phi) is 24.4. The van der Waals surface area contributed by atoms with Crippen LogP contribution in [-0.4, -0.2) is 47.8 Å². The van der Waals surface area contributed by atoms with Crippen LogP contribution in [0.4, 0.5) is 0 Å². The van der Waals surface area contributed by atoms with E-state index in [9.17, 15) is 0 Å². The average molecular weight is 1200 g/mol. The first-order valence-electron chi connectivity index (χ1n) is 32.4. The van der Waals surface area contributed by atoms with Crippen LogP contribution in [0.1, 0.15) is 125 Å². The average Bonchev–Trinajstić information content (AvgIpc) is 1.87. The summed E-state index contributed by atoms with van der Waals surface area (Å²) in [6, 6.07) is 38.3. The van der Waals surface area contributed by atoms with Crippen LogP contribution in [-0.2, 0) is 35.2 Å². The van der Waals surface area contributed by atoms with E-state index >= 15 is 0 Å². The maximum absolute atomic E-state index is 4.57. The van der Waals surface area contributed by atoms with Crippen LogP contribution in [0, 0.1) is 69.2 Å². The van der Waals surface area contributed by atoms with Gasteiger partial charge in [-0.05, 0) is 156 Å². The third-order valence-electron chi connectivity index (χ3n) is 17.3. The van der Waals surface area contributed by atoms with Gasteiger partial charge in [0.25, 0.3) is 0 Å². The molecule has 0 bridgehead atoms. The van der Waals surface area contributed by atoms with Crippen molar-refractivity contribution in [2.45, 2.75) is 138 Å². The lowest BCUT2D eigenvalue weighted by Gasteiger charge is -2.04. The zero-order valence-corrected chi connectivity index (χ0v) is 58.9. The lowest BCUT2D eigenvalue weighted by Crippen LogP contribution is -1.93. The maximum atomic E-state index is 4.57. The van der Waals surface area contributed by atoms with E-state index in [0.717, 1.165) is 16.7 Å². The van der Waals surface area contributed by atoms with Crippen LogP contribution >= 0.6 is 0 Å². The standard InChI is InChI=1S/5C14H14N2.5C2H6/c1-9-4-5-12-11-6-7-15-8-13(11)16(3)14(12)10(9)2;1-9-4-5-11-12-8-15-7-6-13(12)16(3)14(11)10(9)2;1-9-6-7-11-13-12(5-4-8-15-13)16(3)14(11)10(9)2;1-9-10(2)15-8-12-11-6-4-5-7-13(11)16(3)14(9)12;1-9-8-15-13-11-6-4-5-7-12(11)16(3)14(13)10(9)2;5*1-2/h5*4-8H,1-3H3;5*1-2H3. The second kappa shape index (κ2) is 31.3. The summed E-state index contributed by atoms with van der Waals surface area (Å²) in [5, 5.41) is 10.2. The summed E-state index contributed by atoms with van der Waals surface area (Å²) in [6.45, 7) is 41.5. The van der Waals surface area contributed by atoms with Gasteiger partial charge in [-0.2, -0.15) is 0 Å². The molecular formula is C80H100N10. The van der Waals surface area contributed by atoms with Crippen LogP contribution in [0.15, 0.2) is 153 Å². The number of aryl methyl sites for hydroxylation is 15. The first-order chi connectivity index (χ1) is 43.5. The molecule has 10 nitrogen and oxygen atoms in total. The molecule has 0 saturated carbocycles. The smallest absolute Gasteiger partial charge is 0.0962 e. The molecule has 0 aliphatic carbocycles. The highest BCUT2D eigenvalue weighted by Gasteiger charge is 2.16. The zero-order valence-electron chi connectivity index (χ0n) is 58.9. The van der Waals surface area contributed by atoms with Gasteiger partial charge in [0.1, 0.15) is 0 Å². The van der Waals surface area contributed by atoms with Crippen molar-refractivity contribution in [2.75, 3.05) is 0 Å². The van der Waals surface area contributed by atoms with Gasteiger partial charge in [-0.15, -0.1) is 0 Å². The first kappa shape index (κ1) is 69.9. The highest BCUT2D eigenvalue weighted by atomic mass is 15.0. The second-order valence-electron chi connectivity index (χ2n) is 21.7. The van der Waals surface area contributed by atoms with Gasteiger partial charge in [0.15, 0.2) is 0 Å². The van der Waals surface area contributed by atoms with Crippen molar-refractivity contribution in [1.82, 2.24) is 47.8 Å². The Labute approximate surface area is 536 Å². The Hall–Kier alpha value is -9.15. The van der Waals surface area contributed by atoms with Gasteiger partial charge < -0.3 is 22.8 Å². The molecule has 470 valence electrons. The van der Waals surface area contributed by atoms with Gasteiger partial charge in [-0.25, -0.2) is 0 Å². The molecule has 5 aromatic carbocycles. The molecule has 0 spiro atoms. The van der Waals surface area contributed by atoms with E-state index in [2.05, 4.69) is 255 Å². The van der Waals surface area contributed by atoms with Crippen LogP contribution in [0.5, 0.6) is 0 Å². The number of nitrogens with zero attached hydrogens (tertiary/aromatic N) is 10. The molecule has 0 unspecified atom stereocenters. The second-order valence-corrected chi connectivity index (χ2v) is 21.7. The van der Waals surface area contributed by atoms with Gasteiger partial charge in [0.2, 0.25) is 0 Å². The minimum Gasteiger partial charge on any atom is -0.343 e. The first-order valence-corrected chi connectivity index (χ1v) is 32.4. The number of benzene rings is 5. The topological polar surface area (TPSA) is 89.1 Å². The van der Waals surface area contributed by atoms with Gasteiger partial charge in [-0.1, -0.05) is 142 Å². The quantitative estimate of drug-likeness (QED) is 0.151. The van der Waals surface area contributed by atoms with Gasteiger partial charge in [0, 0.05) is 127 Å². The fraction of sp³-hybridized carbons (Fsp3) is 0.312. The fourth-order valence-electron chi connectivity index (χ4n) is 12.1. The van der Waals surface area contributed by atoms with Crippen molar-refractivity contribution in [2.24, 2.45) is 35.2 Å². The van der Waals surface area contributed by atoms with Gasteiger partial charge in [-0.3, -0.25) is 24.9 Å².